The van der Waals surface area contributed by atoms with Crippen molar-refractivity contribution in [2.45, 2.75) is 59.7 Å². The number of halogens is 5. The molecule has 0 amide bonds. The lowest BCUT2D eigenvalue weighted by atomic mass is 9.89. The molecule has 0 spiro atoms. The summed E-state index contributed by atoms with van der Waals surface area (Å²) in [6, 6.07) is 9.04. The summed E-state index contributed by atoms with van der Waals surface area (Å²) < 4.78 is 69.4. The first-order chi connectivity index (χ1) is 16.5. The maximum Gasteiger partial charge on any atom is 0.573 e. The highest BCUT2D eigenvalue weighted by atomic mass is 19.4. The molecule has 0 aliphatic heterocycles. The summed E-state index contributed by atoms with van der Waals surface area (Å²) in [5, 5.41) is 23.0. The molecule has 1 unspecified atom stereocenters. The molecule has 0 aliphatic rings. The molecule has 0 heterocycles. The highest BCUT2D eigenvalue weighted by molar-refractivity contribution is 5.79. The Morgan fingerprint density at radius 2 is 1.74 bits per heavy atom. The van der Waals surface area contributed by atoms with E-state index in [1.54, 1.807) is 27.0 Å². The van der Waals surface area contributed by atoms with E-state index in [0.717, 1.165) is 12.1 Å². The first-order valence-corrected chi connectivity index (χ1v) is 11.1. The van der Waals surface area contributed by atoms with Crippen LogP contribution in [0.3, 0.4) is 0 Å². The topological polar surface area (TPSA) is 65.0 Å². The van der Waals surface area contributed by atoms with Gasteiger partial charge in [-0.2, -0.15) is 8.78 Å². The number of alkyl halides is 5. The lowest BCUT2D eigenvalue weighted by Crippen LogP contribution is -2.28. The molecule has 5 nitrogen and oxygen atoms in total. The smallest absolute Gasteiger partial charge is 0.406 e. The van der Waals surface area contributed by atoms with Crippen LogP contribution >= 0.6 is 0 Å². The van der Waals surface area contributed by atoms with E-state index in [-0.39, 0.29) is 17.8 Å². The Morgan fingerprint density at radius 3 is 2.20 bits per heavy atom. The molecule has 0 aromatic heterocycles. The Morgan fingerprint density at radius 1 is 1.14 bits per heavy atom. The minimum absolute atomic E-state index is 0.0640. The first kappa shape index (κ1) is 30.2. The highest BCUT2D eigenvalue weighted by Crippen LogP contribution is 2.41. The molecule has 2 rings (SSSR count). The van der Waals surface area contributed by atoms with Crippen LogP contribution in [0.25, 0.3) is 11.1 Å². The molecule has 0 fully saturated rings. The molecular formula is C25H31F5N2O3. The normalized spacial score (nSPS) is 11.8. The van der Waals surface area contributed by atoms with Gasteiger partial charge in [0.2, 0.25) is 0 Å². The molecule has 2 aromatic rings. The van der Waals surface area contributed by atoms with Gasteiger partial charge in [-0.25, -0.2) is 4.90 Å². The van der Waals surface area contributed by atoms with Crippen LogP contribution in [0.4, 0.5) is 27.6 Å². The van der Waals surface area contributed by atoms with Crippen LogP contribution < -0.4 is 15.0 Å². The number of anilines is 1. The van der Waals surface area contributed by atoms with Crippen LogP contribution in [0, 0.1) is 18.9 Å². The van der Waals surface area contributed by atoms with Crippen LogP contribution in [-0.4, -0.2) is 36.8 Å². The number of hydrogen-bond acceptors (Lipinski definition) is 5. The quantitative estimate of drug-likeness (QED) is 0.186. The second-order valence-corrected chi connectivity index (χ2v) is 7.06. The Hall–Kier alpha value is -2.87. The van der Waals surface area contributed by atoms with Gasteiger partial charge in [0.1, 0.15) is 11.9 Å². The van der Waals surface area contributed by atoms with Gasteiger partial charge in [-0.3, -0.25) is 0 Å². The number of hydrogen-bond donors (Lipinski definition) is 3. The Balaban J connectivity index is 0.00000298. The number of rotatable bonds is 8. The molecular weight excluding hydrogens is 471 g/mol. The Labute approximate surface area is 202 Å². The molecule has 0 saturated heterocycles. The van der Waals surface area contributed by atoms with E-state index >= 15 is 0 Å². The minimum atomic E-state index is -4.84. The molecule has 0 radical (unpaired) electrons. The highest BCUT2D eigenvalue weighted by Gasteiger charge is 2.31. The average molecular weight is 503 g/mol. The van der Waals surface area contributed by atoms with Gasteiger partial charge in [-0.15, -0.1) is 13.2 Å². The van der Waals surface area contributed by atoms with Gasteiger partial charge >= 0.3 is 12.9 Å². The SMILES string of the molecule is CC.CCC#CN(c1c(C)c(-c2ccc(OC(F)(F)F)cc2)cc(CNC)c1C(O)CO)C(F)F. The molecule has 2 aromatic carbocycles. The molecule has 1 atom stereocenters. The van der Waals surface area contributed by atoms with Gasteiger partial charge in [0.25, 0.3) is 0 Å². The molecule has 0 saturated carbocycles. The van der Waals surface area contributed by atoms with Gasteiger partial charge in [-0.1, -0.05) is 38.8 Å². The Kier molecular flexibility index (Phi) is 12.0. The summed E-state index contributed by atoms with van der Waals surface area (Å²) in [6.07, 6.45) is -5.99. The third-order valence-corrected chi connectivity index (χ3v) is 4.76. The minimum Gasteiger partial charge on any atom is -0.406 e. The fourth-order valence-electron chi connectivity index (χ4n) is 3.45. The standard InChI is InChI=1S/C23H25F5N2O3.C2H6/c1-4-5-10-30(22(24)25)21-14(2)18(11-16(12-29-3)20(21)19(32)13-31)15-6-8-17(9-7-15)33-23(26,27)28;1-2/h6-9,11,19,22,29,31-32H,4,12-13H2,1-3H3;1-2H3. The molecule has 0 bridgehead atoms. The van der Waals surface area contributed by atoms with Crippen molar-refractivity contribution in [3.63, 3.8) is 0 Å². The van der Waals surface area contributed by atoms with Crippen LogP contribution in [0.5, 0.6) is 5.75 Å². The maximum absolute atomic E-state index is 14.0. The Bertz CT molecular complexity index is 999. The molecule has 0 aliphatic carbocycles. The molecule has 10 heteroatoms. The summed E-state index contributed by atoms with van der Waals surface area (Å²) >= 11 is 0. The summed E-state index contributed by atoms with van der Waals surface area (Å²) in [5.41, 5.74) is 1.67. The number of benzene rings is 2. The third-order valence-electron chi connectivity index (χ3n) is 4.76. The van der Waals surface area contributed by atoms with E-state index in [1.807, 2.05) is 13.8 Å². The van der Waals surface area contributed by atoms with E-state index in [4.69, 9.17) is 0 Å². The fourth-order valence-corrected chi connectivity index (χ4v) is 3.45. The molecule has 194 valence electrons. The summed E-state index contributed by atoms with van der Waals surface area (Å²) in [6.45, 7) is 3.67. The summed E-state index contributed by atoms with van der Waals surface area (Å²) in [7, 11) is 1.62. The predicted molar refractivity (Wildman–Crippen MR) is 126 cm³/mol. The van der Waals surface area contributed by atoms with Crippen molar-refractivity contribution in [2.24, 2.45) is 0 Å². The van der Waals surface area contributed by atoms with Gasteiger partial charge < -0.3 is 20.3 Å². The number of aliphatic hydroxyl groups excluding tert-OH is 2. The summed E-state index contributed by atoms with van der Waals surface area (Å²) in [5.74, 6) is 2.17. The van der Waals surface area contributed by atoms with Crippen molar-refractivity contribution >= 4 is 5.69 Å². The molecule has 35 heavy (non-hydrogen) atoms. The predicted octanol–water partition coefficient (Wildman–Crippen LogP) is 5.73. The number of ether oxygens (including phenoxy) is 1. The average Bonchev–Trinajstić information content (AvgIpc) is 2.81. The van der Waals surface area contributed by atoms with Crippen LogP contribution in [0.15, 0.2) is 30.3 Å². The lowest BCUT2D eigenvalue weighted by molar-refractivity contribution is -0.274. The number of nitrogens with one attached hydrogen (secondary N) is 1. The van der Waals surface area contributed by atoms with Crippen molar-refractivity contribution in [1.82, 2.24) is 5.32 Å². The van der Waals surface area contributed by atoms with Crippen LogP contribution in [0.1, 0.15) is 50.0 Å². The van der Waals surface area contributed by atoms with E-state index in [2.05, 4.69) is 22.0 Å². The third kappa shape index (κ3) is 8.09. The van der Waals surface area contributed by atoms with Crippen molar-refractivity contribution in [2.75, 3.05) is 18.6 Å². The first-order valence-electron chi connectivity index (χ1n) is 11.1. The zero-order chi connectivity index (χ0) is 26.8. The van der Waals surface area contributed by atoms with Crippen LogP contribution in [0.2, 0.25) is 0 Å². The lowest BCUT2D eigenvalue weighted by Gasteiger charge is -2.28. The number of aliphatic hydroxyl groups is 2. The largest absolute Gasteiger partial charge is 0.573 e. The zero-order valence-corrected chi connectivity index (χ0v) is 20.3. The van der Waals surface area contributed by atoms with Gasteiger partial charge in [-0.05, 0) is 54.4 Å². The maximum atomic E-state index is 14.0. The van der Waals surface area contributed by atoms with Crippen molar-refractivity contribution < 1.29 is 36.9 Å². The van der Waals surface area contributed by atoms with Gasteiger partial charge in [0.15, 0.2) is 0 Å². The van der Waals surface area contributed by atoms with Gasteiger partial charge in [0.05, 0.1) is 12.3 Å². The van der Waals surface area contributed by atoms with E-state index in [1.165, 1.54) is 12.1 Å². The second-order valence-electron chi connectivity index (χ2n) is 7.06. The van der Waals surface area contributed by atoms with Gasteiger partial charge in [0, 0.05) is 24.6 Å². The molecule has 3 N–H and O–H groups in total. The second kappa shape index (κ2) is 13.9. The van der Waals surface area contributed by atoms with Crippen molar-refractivity contribution in [3.05, 3.63) is 47.0 Å². The van der Waals surface area contributed by atoms with E-state index in [0.29, 0.717) is 33.6 Å². The van der Waals surface area contributed by atoms with Crippen molar-refractivity contribution in [3.8, 4) is 28.8 Å². The number of nitrogens with zero attached hydrogens (tertiary/aromatic N) is 1. The monoisotopic (exact) mass is 502 g/mol. The fraction of sp³-hybridized carbons (Fsp3) is 0.440. The van der Waals surface area contributed by atoms with E-state index in [9.17, 15) is 32.2 Å². The summed E-state index contributed by atoms with van der Waals surface area (Å²) in [4.78, 5) is 0.539. The zero-order valence-electron chi connectivity index (χ0n) is 20.3. The van der Waals surface area contributed by atoms with E-state index < -0.39 is 31.4 Å². The van der Waals surface area contributed by atoms with Crippen LogP contribution in [-0.2, 0) is 6.54 Å². The van der Waals surface area contributed by atoms with Crippen molar-refractivity contribution in [1.29, 1.82) is 0 Å².